The Hall–Kier alpha value is -0.370. The Kier molecular flexibility index (Phi) is 0.949. The molecular weight excluding hydrogens is 104 g/mol. The fourth-order valence-corrected chi connectivity index (χ4v) is 0.842. The van der Waals surface area contributed by atoms with E-state index in [1.54, 1.807) is 6.92 Å². The first-order chi connectivity index (χ1) is 3.54. The van der Waals surface area contributed by atoms with E-state index < -0.39 is 0 Å². The molecule has 0 aromatic rings. The molecule has 0 aromatic carbocycles. The predicted octanol–water partition coefficient (Wildman–Crippen LogP) is 0.753. The zero-order valence-electron chi connectivity index (χ0n) is 5.39. The van der Waals surface area contributed by atoms with Gasteiger partial charge in [-0.1, -0.05) is 0 Å². The maximum atomic E-state index is 10.5. The number of carbonyl (C=O) groups excluding carboxylic acids is 1. The highest BCUT2D eigenvalue weighted by Crippen LogP contribution is 2.35. The van der Waals surface area contributed by atoms with E-state index in [4.69, 9.17) is 4.74 Å². The van der Waals surface area contributed by atoms with Crippen LogP contribution in [0, 0.1) is 0 Å². The first kappa shape index (κ1) is 5.76. The molecule has 0 radical (unpaired) electrons. The summed E-state index contributed by atoms with van der Waals surface area (Å²) >= 11 is 0. The van der Waals surface area contributed by atoms with Gasteiger partial charge in [0.05, 0.1) is 5.60 Å². The Labute approximate surface area is 48.8 Å². The van der Waals surface area contributed by atoms with Gasteiger partial charge >= 0.3 is 0 Å². The highest BCUT2D eigenvalue weighted by Gasteiger charge is 2.50. The van der Waals surface area contributed by atoms with Crippen molar-refractivity contribution in [1.29, 1.82) is 0 Å². The minimum atomic E-state index is -0.161. The molecular formula is C6H10O2. The van der Waals surface area contributed by atoms with Crippen LogP contribution in [0.4, 0.5) is 0 Å². The molecule has 0 spiro atoms. The molecule has 2 heteroatoms. The van der Waals surface area contributed by atoms with Crippen LogP contribution in [0.2, 0.25) is 0 Å². The Morgan fingerprint density at radius 3 is 2.00 bits per heavy atom. The van der Waals surface area contributed by atoms with Gasteiger partial charge in [-0.05, 0) is 20.8 Å². The Morgan fingerprint density at radius 2 is 2.00 bits per heavy atom. The molecule has 1 heterocycles. The summed E-state index contributed by atoms with van der Waals surface area (Å²) in [5.41, 5.74) is -0.161. The van der Waals surface area contributed by atoms with E-state index in [0.717, 1.165) is 0 Å². The van der Waals surface area contributed by atoms with Crippen LogP contribution >= 0.6 is 0 Å². The molecule has 0 saturated carbocycles. The molecule has 1 rings (SSSR count). The Bertz CT molecular complexity index is 126. The lowest BCUT2D eigenvalue weighted by molar-refractivity contribution is -0.118. The van der Waals surface area contributed by atoms with Crippen LogP contribution < -0.4 is 0 Å². The molecule has 8 heavy (non-hydrogen) atoms. The van der Waals surface area contributed by atoms with Gasteiger partial charge in [0.1, 0.15) is 6.10 Å². The van der Waals surface area contributed by atoms with Crippen LogP contribution in [-0.2, 0) is 9.53 Å². The fraction of sp³-hybridized carbons (Fsp3) is 0.833. The van der Waals surface area contributed by atoms with Crippen LogP contribution in [0.5, 0.6) is 0 Å². The largest absolute Gasteiger partial charge is 0.358 e. The van der Waals surface area contributed by atoms with Crippen molar-refractivity contribution in [3.63, 3.8) is 0 Å². The van der Waals surface area contributed by atoms with Gasteiger partial charge in [-0.15, -0.1) is 0 Å². The van der Waals surface area contributed by atoms with E-state index >= 15 is 0 Å². The van der Waals surface area contributed by atoms with Crippen molar-refractivity contribution >= 4 is 5.78 Å². The van der Waals surface area contributed by atoms with Crippen molar-refractivity contribution in [1.82, 2.24) is 0 Å². The zero-order chi connectivity index (χ0) is 6.36. The molecule has 0 aliphatic carbocycles. The normalized spacial score (nSPS) is 32.1. The summed E-state index contributed by atoms with van der Waals surface area (Å²) in [4.78, 5) is 10.5. The minimum Gasteiger partial charge on any atom is -0.358 e. The van der Waals surface area contributed by atoms with Crippen LogP contribution in [0.1, 0.15) is 20.8 Å². The third kappa shape index (κ3) is 0.757. The third-order valence-corrected chi connectivity index (χ3v) is 1.37. The summed E-state index contributed by atoms with van der Waals surface area (Å²) in [5, 5.41) is 0. The fourth-order valence-electron chi connectivity index (χ4n) is 0.842. The summed E-state index contributed by atoms with van der Waals surface area (Å²) < 4.78 is 5.02. The summed E-state index contributed by atoms with van der Waals surface area (Å²) in [5.74, 6) is 0.134. The molecule has 0 unspecified atom stereocenters. The molecule has 46 valence electrons. The van der Waals surface area contributed by atoms with Gasteiger partial charge in [-0.2, -0.15) is 0 Å². The number of ether oxygens (including phenoxy) is 1. The predicted molar refractivity (Wildman–Crippen MR) is 29.6 cm³/mol. The summed E-state index contributed by atoms with van der Waals surface area (Å²) in [7, 11) is 0. The highest BCUT2D eigenvalue weighted by molar-refractivity contribution is 5.84. The van der Waals surface area contributed by atoms with Crippen LogP contribution in [-0.4, -0.2) is 17.5 Å². The molecule has 1 fully saturated rings. The summed E-state index contributed by atoms with van der Waals surface area (Å²) in [6.45, 7) is 5.39. The number of epoxide rings is 1. The van der Waals surface area contributed by atoms with Gasteiger partial charge in [-0.25, -0.2) is 0 Å². The first-order valence-electron chi connectivity index (χ1n) is 2.72. The van der Waals surface area contributed by atoms with E-state index in [0.29, 0.717) is 0 Å². The number of rotatable bonds is 1. The van der Waals surface area contributed by atoms with Crippen molar-refractivity contribution < 1.29 is 9.53 Å². The molecule has 2 nitrogen and oxygen atoms in total. The van der Waals surface area contributed by atoms with E-state index in [-0.39, 0.29) is 17.5 Å². The third-order valence-electron chi connectivity index (χ3n) is 1.37. The Balaban J connectivity index is 2.48. The number of hydrogen-bond acceptors (Lipinski definition) is 2. The molecule has 0 amide bonds. The van der Waals surface area contributed by atoms with Gasteiger partial charge in [0.25, 0.3) is 0 Å². The van der Waals surface area contributed by atoms with E-state index in [9.17, 15) is 4.79 Å². The number of ketones is 1. The van der Waals surface area contributed by atoms with E-state index in [1.165, 1.54) is 0 Å². The Morgan fingerprint density at radius 1 is 1.62 bits per heavy atom. The number of hydrogen-bond donors (Lipinski definition) is 0. The molecule has 1 atom stereocenters. The van der Waals surface area contributed by atoms with E-state index in [2.05, 4.69) is 0 Å². The molecule has 0 N–H and O–H groups in total. The maximum Gasteiger partial charge on any atom is 0.161 e. The van der Waals surface area contributed by atoms with Crippen molar-refractivity contribution in [2.24, 2.45) is 0 Å². The summed E-state index contributed by atoms with van der Waals surface area (Å²) in [6, 6.07) is 0. The quantitative estimate of drug-likeness (QED) is 0.471. The van der Waals surface area contributed by atoms with Gasteiger partial charge < -0.3 is 4.74 Å². The average molecular weight is 114 g/mol. The average Bonchev–Trinajstić information content (AvgIpc) is 2.13. The van der Waals surface area contributed by atoms with Crippen LogP contribution in [0.15, 0.2) is 0 Å². The van der Waals surface area contributed by atoms with Crippen molar-refractivity contribution in [3.8, 4) is 0 Å². The lowest BCUT2D eigenvalue weighted by Crippen LogP contribution is -2.10. The number of Topliss-reactive ketones (excluding diaryl/α,β-unsaturated/α-hetero) is 1. The van der Waals surface area contributed by atoms with Gasteiger partial charge in [0, 0.05) is 0 Å². The molecule has 1 saturated heterocycles. The second kappa shape index (κ2) is 1.32. The van der Waals surface area contributed by atoms with Crippen LogP contribution in [0.25, 0.3) is 0 Å². The standard InChI is InChI=1S/C6H10O2/c1-4(7)5-6(2,3)8-5/h5H,1-3H3/t5-/m1/s1. The lowest BCUT2D eigenvalue weighted by Gasteiger charge is -1.87. The summed E-state index contributed by atoms with van der Waals surface area (Å²) in [6.07, 6.45) is -0.123. The van der Waals surface area contributed by atoms with Gasteiger partial charge in [0.15, 0.2) is 5.78 Å². The topological polar surface area (TPSA) is 29.6 Å². The lowest BCUT2D eigenvalue weighted by atomic mass is 10.1. The van der Waals surface area contributed by atoms with E-state index in [1.807, 2.05) is 13.8 Å². The second-order valence-electron chi connectivity index (χ2n) is 2.71. The SMILES string of the molecule is CC(=O)[C@H]1OC1(C)C. The first-order valence-corrected chi connectivity index (χ1v) is 2.72. The van der Waals surface area contributed by atoms with Crippen molar-refractivity contribution in [2.75, 3.05) is 0 Å². The molecule has 1 aliphatic heterocycles. The molecule has 0 aromatic heterocycles. The molecule has 1 aliphatic rings. The van der Waals surface area contributed by atoms with Gasteiger partial charge in [-0.3, -0.25) is 4.79 Å². The minimum absolute atomic E-state index is 0.123. The zero-order valence-corrected chi connectivity index (χ0v) is 5.39. The van der Waals surface area contributed by atoms with Crippen molar-refractivity contribution in [2.45, 2.75) is 32.5 Å². The second-order valence-corrected chi connectivity index (χ2v) is 2.71. The number of carbonyl (C=O) groups is 1. The van der Waals surface area contributed by atoms with Gasteiger partial charge in [0.2, 0.25) is 0 Å². The van der Waals surface area contributed by atoms with Crippen molar-refractivity contribution in [3.05, 3.63) is 0 Å². The monoisotopic (exact) mass is 114 g/mol. The molecule has 0 bridgehead atoms. The highest BCUT2D eigenvalue weighted by atomic mass is 16.6. The maximum absolute atomic E-state index is 10.5. The smallest absolute Gasteiger partial charge is 0.161 e. The van der Waals surface area contributed by atoms with Crippen LogP contribution in [0.3, 0.4) is 0 Å².